The van der Waals surface area contributed by atoms with Gasteiger partial charge in [-0.1, -0.05) is 11.6 Å². The number of halogens is 1. The molecule has 0 unspecified atom stereocenters. The first-order chi connectivity index (χ1) is 8.93. The van der Waals surface area contributed by atoms with Gasteiger partial charge in [-0.25, -0.2) is 8.42 Å². The number of pyridine rings is 1. The molecule has 2 aromatic rings. The number of sulfonamides is 1. The van der Waals surface area contributed by atoms with Crippen molar-refractivity contribution >= 4 is 33.0 Å². The number of hydrogen-bond donors (Lipinski definition) is 1. The van der Waals surface area contributed by atoms with Crippen molar-refractivity contribution in [1.29, 1.82) is 0 Å². The first kappa shape index (κ1) is 13.6. The fourth-order valence-corrected chi connectivity index (χ4v) is 3.14. The zero-order valence-corrected chi connectivity index (χ0v) is 11.7. The third-order valence-corrected chi connectivity index (χ3v) is 4.72. The average molecular weight is 298 g/mol. The lowest BCUT2D eigenvalue weighted by Gasteiger charge is -2.20. The van der Waals surface area contributed by atoms with Gasteiger partial charge in [0.25, 0.3) is 10.0 Å². The molecule has 0 fully saturated rings. The van der Waals surface area contributed by atoms with Gasteiger partial charge in [0, 0.05) is 24.5 Å². The number of anilines is 2. The van der Waals surface area contributed by atoms with Crippen LogP contribution >= 0.6 is 11.6 Å². The van der Waals surface area contributed by atoms with E-state index < -0.39 is 10.0 Å². The quantitative estimate of drug-likeness (QED) is 0.881. The molecule has 0 atom stereocenters. The van der Waals surface area contributed by atoms with Crippen molar-refractivity contribution in [1.82, 2.24) is 4.98 Å². The van der Waals surface area contributed by atoms with E-state index in [4.69, 9.17) is 17.3 Å². The number of nitrogens with zero attached hydrogens (tertiary/aromatic N) is 2. The molecule has 0 amide bonds. The predicted octanol–water partition coefficient (Wildman–Crippen LogP) is 2.14. The van der Waals surface area contributed by atoms with Gasteiger partial charge in [-0.05, 0) is 30.3 Å². The molecule has 0 saturated carbocycles. The number of hydrogen-bond acceptors (Lipinski definition) is 4. The molecule has 5 nitrogen and oxygen atoms in total. The zero-order valence-electron chi connectivity index (χ0n) is 10.1. The summed E-state index contributed by atoms with van der Waals surface area (Å²) in [7, 11) is -2.30. The summed E-state index contributed by atoms with van der Waals surface area (Å²) in [5.74, 6) is 0. The standard InChI is InChI=1S/C12H12ClN3O2S/c1-16(10-4-6-15-7-5-10)19(17,18)12-8-9(13)2-3-11(12)14/h2-8H,14H2,1H3. The topological polar surface area (TPSA) is 76.3 Å². The van der Waals surface area contributed by atoms with Crippen LogP contribution in [0.2, 0.25) is 5.02 Å². The Bertz CT molecular complexity index is 689. The van der Waals surface area contributed by atoms with E-state index in [1.54, 1.807) is 18.2 Å². The molecule has 19 heavy (non-hydrogen) atoms. The van der Waals surface area contributed by atoms with Crippen molar-refractivity contribution < 1.29 is 8.42 Å². The van der Waals surface area contributed by atoms with Crippen LogP contribution in [0.25, 0.3) is 0 Å². The minimum atomic E-state index is -3.75. The van der Waals surface area contributed by atoms with Gasteiger partial charge in [-0.3, -0.25) is 9.29 Å². The van der Waals surface area contributed by atoms with E-state index in [1.165, 1.54) is 31.6 Å². The van der Waals surface area contributed by atoms with Crippen molar-refractivity contribution in [3.8, 4) is 0 Å². The smallest absolute Gasteiger partial charge is 0.266 e. The highest BCUT2D eigenvalue weighted by Crippen LogP contribution is 2.27. The van der Waals surface area contributed by atoms with Crippen LogP contribution in [0.5, 0.6) is 0 Å². The summed E-state index contributed by atoms with van der Waals surface area (Å²) in [5, 5.41) is 0.316. The molecule has 1 aromatic heterocycles. The van der Waals surface area contributed by atoms with E-state index in [2.05, 4.69) is 4.98 Å². The Morgan fingerprint density at radius 3 is 2.47 bits per heavy atom. The maximum atomic E-state index is 12.5. The van der Waals surface area contributed by atoms with Gasteiger partial charge >= 0.3 is 0 Å². The van der Waals surface area contributed by atoms with Gasteiger partial charge < -0.3 is 5.73 Å². The number of benzene rings is 1. The second kappa shape index (κ2) is 5.07. The lowest BCUT2D eigenvalue weighted by Crippen LogP contribution is -2.27. The van der Waals surface area contributed by atoms with E-state index in [0.29, 0.717) is 10.7 Å². The third-order valence-electron chi connectivity index (χ3n) is 2.64. The molecule has 1 heterocycles. The highest BCUT2D eigenvalue weighted by molar-refractivity contribution is 7.93. The summed E-state index contributed by atoms with van der Waals surface area (Å²) >= 11 is 5.83. The van der Waals surface area contributed by atoms with Crippen LogP contribution in [0.3, 0.4) is 0 Å². The molecule has 0 aliphatic rings. The van der Waals surface area contributed by atoms with Crippen molar-refractivity contribution in [2.45, 2.75) is 4.90 Å². The van der Waals surface area contributed by atoms with Gasteiger partial charge in [0.05, 0.1) is 11.4 Å². The van der Waals surface area contributed by atoms with Crippen LogP contribution in [0.15, 0.2) is 47.6 Å². The second-order valence-corrected chi connectivity index (χ2v) is 6.23. The van der Waals surface area contributed by atoms with Gasteiger partial charge in [0.15, 0.2) is 0 Å². The van der Waals surface area contributed by atoms with Crippen LogP contribution in [0.4, 0.5) is 11.4 Å². The van der Waals surface area contributed by atoms with Gasteiger partial charge in [-0.15, -0.1) is 0 Å². The van der Waals surface area contributed by atoms with E-state index >= 15 is 0 Å². The second-order valence-electron chi connectivity index (χ2n) is 3.86. The summed E-state index contributed by atoms with van der Waals surface area (Å²) in [4.78, 5) is 3.83. The van der Waals surface area contributed by atoms with E-state index in [-0.39, 0.29) is 10.6 Å². The van der Waals surface area contributed by atoms with Crippen LogP contribution in [0, 0.1) is 0 Å². The summed E-state index contributed by atoms with van der Waals surface area (Å²) in [6, 6.07) is 7.54. The molecular weight excluding hydrogens is 286 g/mol. The number of rotatable bonds is 3. The molecule has 0 aliphatic heterocycles. The zero-order chi connectivity index (χ0) is 14.0. The maximum Gasteiger partial charge on any atom is 0.266 e. The van der Waals surface area contributed by atoms with Crippen LogP contribution in [-0.2, 0) is 10.0 Å². The van der Waals surface area contributed by atoms with Crippen LogP contribution < -0.4 is 10.0 Å². The molecule has 100 valence electrons. The first-order valence-corrected chi connectivity index (χ1v) is 7.18. The van der Waals surface area contributed by atoms with E-state index in [1.807, 2.05) is 0 Å². The molecule has 0 radical (unpaired) electrons. The lowest BCUT2D eigenvalue weighted by molar-refractivity contribution is 0.595. The molecule has 7 heteroatoms. The Hall–Kier alpha value is -1.79. The van der Waals surface area contributed by atoms with Gasteiger partial charge in [-0.2, -0.15) is 0 Å². The van der Waals surface area contributed by atoms with Crippen LogP contribution in [0.1, 0.15) is 0 Å². The molecule has 0 spiro atoms. The number of nitrogen functional groups attached to an aromatic ring is 1. The Morgan fingerprint density at radius 2 is 1.84 bits per heavy atom. The average Bonchev–Trinajstić information content (AvgIpc) is 2.41. The number of aromatic nitrogens is 1. The molecule has 2 N–H and O–H groups in total. The minimum absolute atomic E-state index is 0.0145. The summed E-state index contributed by atoms with van der Waals surface area (Å²) < 4.78 is 26.1. The van der Waals surface area contributed by atoms with Gasteiger partial charge in [0.1, 0.15) is 4.90 Å². The van der Waals surface area contributed by atoms with Crippen molar-refractivity contribution in [3.05, 3.63) is 47.7 Å². The van der Waals surface area contributed by atoms with E-state index in [9.17, 15) is 8.42 Å². The molecule has 0 bridgehead atoms. The molecule has 0 aliphatic carbocycles. The SMILES string of the molecule is CN(c1ccncc1)S(=O)(=O)c1cc(Cl)ccc1N. The Morgan fingerprint density at radius 1 is 1.21 bits per heavy atom. The molecular formula is C12H12ClN3O2S. The lowest BCUT2D eigenvalue weighted by atomic mass is 10.3. The molecule has 2 rings (SSSR count). The summed E-state index contributed by atoms with van der Waals surface area (Å²) in [5.41, 5.74) is 6.37. The summed E-state index contributed by atoms with van der Waals surface area (Å²) in [6.45, 7) is 0. The minimum Gasteiger partial charge on any atom is -0.398 e. The summed E-state index contributed by atoms with van der Waals surface area (Å²) in [6.07, 6.45) is 3.03. The Kier molecular flexibility index (Phi) is 3.64. The fourth-order valence-electron chi connectivity index (χ4n) is 1.57. The Labute approximate surface area is 116 Å². The number of nitrogens with two attached hydrogens (primary N) is 1. The van der Waals surface area contributed by atoms with Crippen molar-refractivity contribution in [2.24, 2.45) is 0 Å². The predicted molar refractivity (Wildman–Crippen MR) is 75.7 cm³/mol. The first-order valence-electron chi connectivity index (χ1n) is 5.37. The van der Waals surface area contributed by atoms with Crippen LogP contribution in [-0.4, -0.2) is 20.4 Å². The normalized spacial score (nSPS) is 11.3. The fraction of sp³-hybridized carbons (Fsp3) is 0.0833. The van der Waals surface area contributed by atoms with Gasteiger partial charge in [0.2, 0.25) is 0 Å². The highest BCUT2D eigenvalue weighted by atomic mass is 35.5. The van der Waals surface area contributed by atoms with E-state index in [0.717, 1.165) is 4.31 Å². The molecule has 0 saturated heterocycles. The third kappa shape index (κ3) is 2.64. The Balaban J connectivity index is 2.51. The van der Waals surface area contributed by atoms with Crippen molar-refractivity contribution in [2.75, 3.05) is 17.1 Å². The van der Waals surface area contributed by atoms with Crippen molar-refractivity contribution in [3.63, 3.8) is 0 Å². The largest absolute Gasteiger partial charge is 0.398 e. The highest BCUT2D eigenvalue weighted by Gasteiger charge is 2.24. The maximum absolute atomic E-state index is 12.5. The molecule has 1 aromatic carbocycles. The monoisotopic (exact) mass is 297 g/mol.